The SMILES string of the molecule is COc1ccc(OC)c(CN=C(N)N)c1.Cl. The fraction of sp³-hybridized carbons (Fsp3) is 0.300. The van der Waals surface area contributed by atoms with E-state index >= 15 is 0 Å². The summed E-state index contributed by atoms with van der Waals surface area (Å²) in [5, 5.41) is 0. The van der Waals surface area contributed by atoms with Gasteiger partial charge in [-0.05, 0) is 18.2 Å². The zero-order valence-electron chi connectivity index (χ0n) is 9.27. The van der Waals surface area contributed by atoms with E-state index in [1.165, 1.54) is 0 Å². The number of methoxy groups -OCH3 is 2. The predicted octanol–water partition coefficient (Wildman–Crippen LogP) is 0.899. The quantitative estimate of drug-likeness (QED) is 0.610. The van der Waals surface area contributed by atoms with Gasteiger partial charge in [0, 0.05) is 5.56 Å². The van der Waals surface area contributed by atoms with Gasteiger partial charge in [-0.15, -0.1) is 12.4 Å². The summed E-state index contributed by atoms with van der Waals surface area (Å²) >= 11 is 0. The third kappa shape index (κ3) is 3.86. The summed E-state index contributed by atoms with van der Waals surface area (Å²) in [7, 11) is 3.20. The first-order valence-electron chi connectivity index (χ1n) is 4.43. The summed E-state index contributed by atoms with van der Waals surface area (Å²) < 4.78 is 10.3. The second-order valence-electron chi connectivity index (χ2n) is 2.92. The normalized spacial score (nSPS) is 8.88. The van der Waals surface area contributed by atoms with Crippen molar-refractivity contribution >= 4 is 18.4 Å². The maximum absolute atomic E-state index is 5.26. The van der Waals surface area contributed by atoms with Crippen molar-refractivity contribution in [2.45, 2.75) is 6.54 Å². The first kappa shape index (κ1) is 14.4. The molecule has 0 saturated carbocycles. The maximum atomic E-state index is 5.26. The fourth-order valence-electron chi connectivity index (χ4n) is 1.18. The lowest BCUT2D eigenvalue weighted by Gasteiger charge is -2.08. The van der Waals surface area contributed by atoms with Crippen molar-refractivity contribution in [1.29, 1.82) is 0 Å². The van der Waals surface area contributed by atoms with Crippen LogP contribution in [0, 0.1) is 0 Å². The molecule has 4 N–H and O–H groups in total. The van der Waals surface area contributed by atoms with Gasteiger partial charge in [-0.2, -0.15) is 0 Å². The molecule has 0 aliphatic carbocycles. The number of nitrogens with two attached hydrogens (primary N) is 2. The molecule has 1 rings (SSSR count). The molecule has 1 aromatic carbocycles. The molecule has 0 aliphatic rings. The number of nitrogens with zero attached hydrogens (tertiary/aromatic N) is 1. The van der Waals surface area contributed by atoms with Gasteiger partial charge in [-0.1, -0.05) is 0 Å². The van der Waals surface area contributed by atoms with Crippen molar-refractivity contribution < 1.29 is 9.47 Å². The van der Waals surface area contributed by atoms with E-state index in [2.05, 4.69) is 4.99 Å². The predicted molar refractivity (Wildman–Crippen MR) is 66.3 cm³/mol. The number of ether oxygens (including phenoxy) is 2. The highest BCUT2D eigenvalue weighted by Gasteiger charge is 2.03. The molecule has 0 aromatic heterocycles. The Labute approximate surface area is 101 Å². The molecular weight excluding hydrogens is 230 g/mol. The molecule has 90 valence electrons. The monoisotopic (exact) mass is 245 g/mol. The molecule has 0 fully saturated rings. The number of guanidine groups is 1. The second-order valence-corrected chi connectivity index (χ2v) is 2.92. The molecule has 0 aliphatic heterocycles. The third-order valence-electron chi connectivity index (χ3n) is 1.92. The molecule has 0 bridgehead atoms. The summed E-state index contributed by atoms with van der Waals surface area (Å²) in [6, 6.07) is 5.47. The van der Waals surface area contributed by atoms with Crippen LogP contribution in [0.4, 0.5) is 0 Å². The molecule has 0 radical (unpaired) electrons. The van der Waals surface area contributed by atoms with Gasteiger partial charge in [0.1, 0.15) is 11.5 Å². The van der Waals surface area contributed by atoms with Gasteiger partial charge in [0.15, 0.2) is 5.96 Å². The first-order valence-corrected chi connectivity index (χ1v) is 4.43. The van der Waals surface area contributed by atoms with Crippen LogP contribution in [0.1, 0.15) is 5.56 Å². The zero-order chi connectivity index (χ0) is 11.3. The van der Waals surface area contributed by atoms with Crippen molar-refractivity contribution in [2.24, 2.45) is 16.5 Å². The average Bonchev–Trinajstić information content (AvgIpc) is 2.25. The van der Waals surface area contributed by atoms with Crippen LogP contribution in [0.25, 0.3) is 0 Å². The van der Waals surface area contributed by atoms with Crippen LogP contribution >= 0.6 is 12.4 Å². The Hall–Kier alpha value is -1.62. The molecule has 16 heavy (non-hydrogen) atoms. The van der Waals surface area contributed by atoms with E-state index in [0.717, 1.165) is 17.1 Å². The number of hydrogen-bond donors (Lipinski definition) is 2. The average molecular weight is 246 g/mol. The molecule has 0 spiro atoms. The van der Waals surface area contributed by atoms with Crippen molar-refractivity contribution in [2.75, 3.05) is 14.2 Å². The minimum atomic E-state index is 0. The van der Waals surface area contributed by atoms with Crippen LogP contribution < -0.4 is 20.9 Å². The summed E-state index contributed by atoms with van der Waals surface area (Å²) in [5.41, 5.74) is 11.4. The lowest BCUT2D eigenvalue weighted by atomic mass is 10.2. The van der Waals surface area contributed by atoms with Crippen molar-refractivity contribution in [1.82, 2.24) is 0 Å². The van der Waals surface area contributed by atoms with E-state index in [4.69, 9.17) is 20.9 Å². The Morgan fingerprint density at radius 2 is 1.94 bits per heavy atom. The number of rotatable bonds is 4. The minimum absolute atomic E-state index is 0. The van der Waals surface area contributed by atoms with Crippen molar-refractivity contribution in [3.8, 4) is 11.5 Å². The molecule has 0 heterocycles. The van der Waals surface area contributed by atoms with Gasteiger partial charge in [0.05, 0.1) is 20.8 Å². The van der Waals surface area contributed by atoms with E-state index < -0.39 is 0 Å². The molecule has 0 atom stereocenters. The smallest absolute Gasteiger partial charge is 0.186 e. The number of aliphatic imine (C=N–C) groups is 1. The highest BCUT2D eigenvalue weighted by atomic mass is 35.5. The van der Waals surface area contributed by atoms with E-state index in [0.29, 0.717) is 6.54 Å². The highest BCUT2D eigenvalue weighted by molar-refractivity contribution is 5.85. The van der Waals surface area contributed by atoms with Crippen LogP contribution in [0.3, 0.4) is 0 Å². The van der Waals surface area contributed by atoms with Crippen LogP contribution in [0.15, 0.2) is 23.2 Å². The number of benzene rings is 1. The number of hydrogen-bond acceptors (Lipinski definition) is 3. The molecule has 1 aromatic rings. The second kappa shape index (κ2) is 6.79. The van der Waals surface area contributed by atoms with Crippen LogP contribution in [0.5, 0.6) is 11.5 Å². The lowest BCUT2D eigenvalue weighted by molar-refractivity contribution is 0.399. The molecule has 6 heteroatoms. The Morgan fingerprint density at radius 3 is 2.44 bits per heavy atom. The first-order chi connectivity index (χ1) is 7.17. The highest BCUT2D eigenvalue weighted by Crippen LogP contribution is 2.24. The number of halogens is 1. The summed E-state index contributed by atoms with van der Waals surface area (Å²) in [5.74, 6) is 1.54. The molecular formula is C10H16ClN3O2. The van der Waals surface area contributed by atoms with Gasteiger partial charge >= 0.3 is 0 Å². The van der Waals surface area contributed by atoms with E-state index in [1.54, 1.807) is 14.2 Å². The topological polar surface area (TPSA) is 82.9 Å². The fourth-order valence-corrected chi connectivity index (χ4v) is 1.18. The van der Waals surface area contributed by atoms with Crippen LogP contribution in [-0.4, -0.2) is 20.2 Å². The standard InChI is InChI=1S/C10H15N3O2.ClH/c1-14-8-3-4-9(15-2)7(5-8)6-13-10(11)12;/h3-5H,6H2,1-2H3,(H4,11,12,13);1H. The van der Waals surface area contributed by atoms with Crippen LogP contribution in [0.2, 0.25) is 0 Å². The van der Waals surface area contributed by atoms with Gasteiger partial charge in [0.25, 0.3) is 0 Å². The summed E-state index contributed by atoms with van der Waals surface area (Å²) in [6.07, 6.45) is 0. The van der Waals surface area contributed by atoms with Gasteiger partial charge < -0.3 is 20.9 Å². The van der Waals surface area contributed by atoms with Gasteiger partial charge in [-0.25, -0.2) is 4.99 Å². The maximum Gasteiger partial charge on any atom is 0.186 e. The Kier molecular flexibility index (Phi) is 6.10. The molecule has 0 amide bonds. The molecule has 5 nitrogen and oxygen atoms in total. The van der Waals surface area contributed by atoms with E-state index in [1.807, 2.05) is 18.2 Å². The van der Waals surface area contributed by atoms with Crippen molar-refractivity contribution in [3.05, 3.63) is 23.8 Å². The molecule has 0 unspecified atom stereocenters. The van der Waals surface area contributed by atoms with Gasteiger partial charge in [0.2, 0.25) is 0 Å². The molecule has 0 saturated heterocycles. The minimum Gasteiger partial charge on any atom is -0.497 e. The summed E-state index contributed by atoms with van der Waals surface area (Å²) in [6.45, 7) is 0.378. The van der Waals surface area contributed by atoms with Gasteiger partial charge in [-0.3, -0.25) is 0 Å². The Balaban J connectivity index is 0.00000225. The van der Waals surface area contributed by atoms with Crippen molar-refractivity contribution in [3.63, 3.8) is 0 Å². The van der Waals surface area contributed by atoms with Crippen LogP contribution in [-0.2, 0) is 6.54 Å². The van der Waals surface area contributed by atoms with E-state index in [-0.39, 0.29) is 18.4 Å². The largest absolute Gasteiger partial charge is 0.497 e. The van der Waals surface area contributed by atoms with E-state index in [9.17, 15) is 0 Å². The third-order valence-corrected chi connectivity index (χ3v) is 1.92. The lowest BCUT2D eigenvalue weighted by Crippen LogP contribution is -2.22. The Bertz CT molecular complexity index is 365. The Morgan fingerprint density at radius 1 is 1.25 bits per heavy atom. The zero-order valence-corrected chi connectivity index (χ0v) is 10.1. The summed E-state index contributed by atoms with van der Waals surface area (Å²) in [4.78, 5) is 3.92.